The summed E-state index contributed by atoms with van der Waals surface area (Å²) in [5.41, 5.74) is 1.18. The van der Waals surface area contributed by atoms with Crippen molar-refractivity contribution in [2.24, 2.45) is 0 Å². The van der Waals surface area contributed by atoms with E-state index in [1.54, 1.807) is 0 Å². The Labute approximate surface area is 72.6 Å². The predicted molar refractivity (Wildman–Crippen MR) is 50.3 cm³/mol. The van der Waals surface area contributed by atoms with Crippen LogP contribution in [0, 0.1) is 0 Å². The van der Waals surface area contributed by atoms with Crippen LogP contribution in [0.25, 0.3) is 0 Å². The van der Waals surface area contributed by atoms with Gasteiger partial charge in [-0.3, -0.25) is 0 Å². The van der Waals surface area contributed by atoms with Gasteiger partial charge in [0.15, 0.2) is 0 Å². The molecule has 66 valence electrons. The van der Waals surface area contributed by atoms with E-state index < -0.39 is 0 Å². The number of anilines is 1. The monoisotopic (exact) mass is 165 g/mol. The van der Waals surface area contributed by atoms with Gasteiger partial charge in [0.1, 0.15) is 0 Å². The first-order valence-electron chi connectivity index (χ1n) is 4.55. The molecule has 0 saturated carbocycles. The van der Waals surface area contributed by atoms with E-state index in [1.165, 1.54) is 25.1 Å². The smallest absolute Gasteiger partial charge is 0.0518 e. The fourth-order valence-electron chi connectivity index (χ4n) is 1.61. The highest BCUT2D eigenvalue weighted by Crippen LogP contribution is 2.08. The van der Waals surface area contributed by atoms with Crippen molar-refractivity contribution in [1.82, 2.24) is 10.3 Å². The Morgan fingerprint density at radius 3 is 3.25 bits per heavy atom. The van der Waals surface area contributed by atoms with E-state index in [1.807, 2.05) is 12.4 Å². The van der Waals surface area contributed by atoms with Crippen LogP contribution in [0.2, 0.25) is 0 Å². The standard InChI is InChI=1S/C9H15N3/c1-2-8(11-4-1)7-12-9-3-5-10-6-9/h3,5-6,8,10-12H,1-2,4,7H2. The summed E-state index contributed by atoms with van der Waals surface area (Å²) in [6.07, 6.45) is 6.54. The van der Waals surface area contributed by atoms with Crippen LogP contribution in [-0.2, 0) is 0 Å². The van der Waals surface area contributed by atoms with Crippen molar-refractivity contribution in [2.75, 3.05) is 18.4 Å². The Hall–Kier alpha value is -0.960. The summed E-state index contributed by atoms with van der Waals surface area (Å²) in [5.74, 6) is 0. The van der Waals surface area contributed by atoms with Crippen LogP contribution in [0.5, 0.6) is 0 Å². The fraction of sp³-hybridized carbons (Fsp3) is 0.556. The normalized spacial score (nSPS) is 22.8. The average Bonchev–Trinajstić information content (AvgIpc) is 2.74. The molecule has 0 radical (unpaired) electrons. The van der Waals surface area contributed by atoms with Crippen molar-refractivity contribution in [3.63, 3.8) is 0 Å². The van der Waals surface area contributed by atoms with Crippen molar-refractivity contribution < 1.29 is 0 Å². The molecule has 12 heavy (non-hydrogen) atoms. The Balaban J connectivity index is 1.74. The Kier molecular flexibility index (Phi) is 2.32. The molecule has 1 unspecified atom stereocenters. The molecule has 0 bridgehead atoms. The summed E-state index contributed by atoms with van der Waals surface area (Å²) in [5, 5.41) is 6.82. The minimum absolute atomic E-state index is 0.667. The van der Waals surface area contributed by atoms with Crippen LogP contribution >= 0.6 is 0 Å². The molecule has 0 aliphatic carbocycles. The molecular formula is C9H15N3. The van der Waals surface area contributed by atoms with Crippen LogP contribution < -0.4 is 10.6 Å². The number of aromatic nitrogens is 1. The number of hydrogen-bond acceptors (Lipinski definition) is 2. The molecule has 1 fully saturated rings. The topological polar surface area (TPSA) is 39.8 Å². The van der Waals surface area contributed by atoms with E-state index in [2.05, 4.69) is 21.7 Å². The lowest BCUT2D eigenvalue weighted by molar-refractivity contribution is 0.633. The predicted octanol–water partition coefficient (Wildman–Crippen LogP) is 1.18. The van der Waals surface area contributed by atoms with Crippen LogP contribution in [0.3, 0.4) is 0 Å². The van der Waals surface area contributed by atoms with Gasteiger partial charge in [-0.2, -0.15) is 0 Å². The van der Waals surface area contributed by atoms with Gasteiger partial charge in [0.25, 0.3) is 0 Å². The first kappa shape index (κ1) is 7.68. The van der Waals surface area contributed by atoms with E-state index in [0.29, 0.717) is 6.04 Å². The number of rotatable bonds is 3. The van der Waals surface area contributed by atoms with Gasteiger partial charge in [0.05, 0.1) is 5.69 Å². The van der Waals surface area contributed by atoms with E-state index >= 15 is 0 Å². The van der Waals surface area contributed by atoms with Gasteiger partial charge >= 0.3 is 0 Å². The maximum Gasteiger partial charge on any atom is 0.0518 e. The van der Waals surface area contributed by atoms with Crippen molar-refractivity contribution in [3.8, 4) is 0 Å². The Bertz CT molecular complexity index is 212. The van der Waals surface area contributed by atoms with Crippen LogP contribution in [0.15, 0.2) is 18.5 Å². The van der Waals surface area contributed by atoms with Crippen LogP contribution in [0.4, 0.5) is 5.69 Å². The van der Waals surface area contributed by atoms with E-state index in [4.69, 9.17) is 0 Å². The quantitative estimate of drug-likeness (QED) is 0.629. The van der Waals surface area contributed by atoms with Gasteiger partial charge in [-0.25, -0.2) is 0 Å². The zero-order chi connectivity index (χ0) is 8.23. The molecule has 2 rings (SSSR count). The molecule has 3 N–H and O–H groups in total. The summed E-state index contributed by atoms with van der Waals surface area (Å²) < 4.78 is 0. The lowest BCUT2D eigenvalue weighted by Crippen LogP contribution is -2.29. The maximum atomic E-state index is 3.45. The molecule has 3 heteroatoms. The van der Waals surface area contributed by atoms with Crippen LogP contribution in [0.1, 0.15) is 12.8 Å². The second-order valence-electron chi connectivity index (χ2n) is 3.27. The summed E-state index contributed by atoms with van der Waals surface area (Å²) in [4.78, 5) is 3.02. The summed E-state index contributed by atoms with van der Waals surface area (Å²) >= 11 is 0. The minimum atomic E-state index is 0.667. The zero-order valence-electron chi connectivity index (χ0n) is 7.14. The fourth-order valence-corrected chi connectivity index (χ4v) is 1.61. The highest BCUT2D eigenvalue weighted by Gasteiger charge is 2.12. The van der Waals surface area contributed by atoms with Gasteiger partial charge in [-0.05, 0) is 25.5 Å². The number of hydrogen-bond donors (Lipinski definition) is 3. The Morgan fingerprint density at radius 2 is 2.58 bits per heavy atom. The summed E-state index contributed by atoms with van der Waals surface area (Å²) in [7, 11) is 0. The highest BCUT2D eigenvalue weighted by atomic mass is 15.0. The molecule has 0 aromatic carbocycles. The van der Waals surface area contributed by atoms with Gasteiger partial charge in [-0.1, -0.05) is 0 Å². The first-order valence-corrected chi connectivity index (χ1v) is 4.55. The Morgan fingerprint density at radius 1 is 1.58 bits per heavy atom. The molecule has 0 spiro atoms. The van der Waals surface area contributed by atoms with Gasteiger partial charge in [0, 0.05) is 25.0 Å². The molecular weight excluding hydrogens is 150 g/mol. The minimum Gasteiger partial charge on any atom is -0.382 e. The summed E-state index contributed by atoms with van der Waals surface area (Å²) in [6.45, 7) is 2.22. The number of aromatic amines is 1. The first-order chi connectivity index (χ1) is 5.95. The molecule has 1 aromatic rings. The lowest BCUT2D eigenvalue weighted by Gasteiger charge is -2.10. The van der Waals surface area contributed by atoms with E-state index in [0.717, 1.165) is 6.54 Å². The summed E-state index contributed by atoms with van der Waals surface area (Å²) in [6, 6.07) is 2.72. The average molecular weight is 165 g/mol. The molecule has 2 heterocycles. The van der Waals surface area contributed by atoms with Gasteiger partial charge in [-0.15, -0.1) is 0 Å². The van der Waals surface area contributed by atoms with Gasteiger partial charge in [0.2, 0.25) is 0 Å². The molecule has 1 aromatic heterocycles. The molecule has 1 aliphatic heterocycles. The highest BCUT2D eigenvalue weighted by molar-refractivity contribution is 5.40. The van der Waals surface area contributed by atoms with Crippen LogP contribution in [-0.4, -0.2) is 24.1 Å². The number of H-pyrrole nitrogens is 1. The van der Waals surface area contributed by atoms with Crippen molar-refractivity contribution in [1.29, 1.82) is 0 Å². The van der Waals surface area contributed by atoms with Crippen molar-refractivity contribution in [2.45, 2.75) is 18.9 Å². The lowest BCUT2D eigenvalue weighted by atomic mass is 10.2. The maximum absolute atomic E-state index is 3.45. The van der Waals surface area contributed by atoms with E-state index in [-0.39, 0.29) is 0 Å². The van der Waals surface area contributed by atoms with Gasteiger partial charge < -0.3 is 15.6 Å². The molecule has 1 aliphatic rings. The van der Waals surface area contributed by atoms with E-state index in [9.17, 15) is 0 Å². The molecule has 1 atom stereocenters. The second kappa shape index (κ2) is 3.63. The SMILES string of the molecule is c1cc(NCC2CCCN2)c[nH]1. The number of nitrogens with one attached hydrogen (secondary N) is 3. The molecule has 0 amide bonds. The largest absolute Gasteiger partial charge is 0.382 e. The second-order valence-corrected chi connectivity index (χ2v) is 3.27. The molecule has 1 saturated heterocycles. The van der Waals surface area contributed by atoms with Crippen molar-refractivity contribution in [3.05, 3.63) is 18.5 Å². The zero-order valence-corrected chi connectivity index (χ0v) is 7.14. The third-order valence-electron chi connectivity index (χ3n) is 2.31. The third-order valence-corrected chi connectivity index (χ3v) is 2.31. The molecule has 3 nitrogen and oxygen atoms in total. The third kappa shape index (κ3) is 1.80. The van der Waals surface area contributed by atoms with Crippen molar-refractivity contribution >= 4 is 5.69 Å².